The Morgan fingerprint density at radius 2 is 1.84 bits per heavy atom. The van der Waals surface area contributed by atoms with E-state index in [0.29, 0.717) is 24.9 Å². The van der Waals surface area contributed by atoms with E-state index in [2.05, 4.69) is 47.8 Å². The third-order valence-corrected chi connectivity index (χ3v) is 9.86. The van der Waals surface area contributed by atoms with Crippen LogP contribution in [0.3, 0.4) is 0 Å². The molecule has 2 amide bonds. The van der Waals surface area contributed by atoms with Crippen molar-refractivity contribution in [2.24, 2.45) is 17.8 Å². The molecule has 9 nitrogen and oxygen atoms in total. The SMILES string of the molecule is C=CCCOC(=O)[C@H]1[C@H]2C(=O)N([C@@H](CO)CC(C)C)C(C(=O)N(CC=C)c3ccc(N(CC)CC)cc3)C23CC(Br)[C@@H]1O3. The Hall–Kier alpha value is -2.69. The molecule has 7 atom stereocenters. The number of hydrogen-bond donors (Lipinski definition) is 1. The lowest BCUT2D eigenvalue weighted by Gasteiger charge is -2.40. The highest BCUT2D eigenvalue weighted by Crippen LogP contribution is 2.61. The Labute approximate surface area is 264 Å². The Kier molecular flexibility index (Phi) is 10.8. The fourth-order valence-electron chi connectivity index (χ4n) is 7.20. The summed E-state index contributed by atoms with van der Waals surface area (Å²) in [5.41, 5.74) is 0.465. The number of aliphatic hydroxyl groups excluding tert-OH is 1. The van der Waals surface area contributed by atoms with Crippen LogP contribution >= 0.6 is 15.9 Å². The molecule has 0 saturated carbocycles. The van der Waals surface area contributed by atoms with E-state index in [9.17, 15) is 19.5 Å². The van der Waals surface area contributed by atoms with E-state index >= 15 is 0 Å². The summed E-state index contributed by atoms with van der Waals surface area (Å²) >= 11 is 3.70. The van der Waals surface area contributed by atoms with Crippen molar-refractivity contribution in [2.75, 3.05) is 42.6 Å². The number of nitrogens with zero attached hydrogens (tertiary/aromatic N) is 3. The molecule has 236 valence electrons. The summed E-state index contributed by atoms with van der Waals surface area (Å²) in [6.07, 6.45) is 4.07. The third-order valence-electron chi connectivity index (χ3n) is 9.01. The molecule has 3 aliphatic rings. The number of carbonyl (C=O) groups excluding carboxylic acids is 3. The number of alkyl halides is 1. The number of carbonyl (C=O) groups is 3. The second kappa shape index (κ2) is 13.9. The second-order valence-electron chi connectivity index (χ2n) is 12.0. The van der Waals surface area contributed by atoms with Crippen LogP contribution in [0.25, 0.3) is 0 Å². The van der Waals surface area contributed by atoms with Crippen molar-refractivity contribution in [3.8, 4) is 0 Å². The Bertz CT molecular complexity index is 1190. The van der Waals surface area contributed by atoms with Crippen LogP contribution in [0.15, 0.2) is 49.6 Å². The van der Waals surface area contributed by atoms with E-state index < -0.39 is 41.6 Å². The van der Waals surface area contributed by atoms with Crippen molar-refractivity contribution in [1.29, 1.82) is 0 Å². The van der Waals surface area contributed by atoms with Crippen molar-refractivity contribution >= 4 is 45.1 Å². The number of aliphatic hydroxyl groups is 1. The molecule has 43 heavy (non-hydrogen) atoms. The second-order valence-corrected chi connectivity index (χ2v) is 13.2. The van der Waals surface area contributed by atoms with E-state index in [0.717, 1.165) is 18.8 Å². The molecule has 0 aromatic heterocycles. The molecule has 3 saturated heterocycles. The van der Waals surface area contributed by atoms with E-state index in [1.54, 1.807) is 17.1 Å². The number of halogens is 1. The molecule has 1 N–H and O–H groups in total. The van der Waals surface area contributed by atoms with Gasteiger partial charge in [-0.2, -0.15) is 0 Å². The minimum atomic E-state index is -1.25. The molecular weight excluding hydrogens is 614 g/mol. The van der Waals surface area contributed by atoms with Gasteiger partial charge in [0.25, 0.3) is 5.91 Å². The molecule has 1 spiro atoms. The van der Waals surface area contributed by atoms with Crippen molar-refractivity contribution in [3.05, 3.63) is 49.6 Å². The highest BCUT2D eigenvalue weighted by Gasteiger charge is 2.77. The normalized spacial score (nSPS) is 28.1. The van der Waals surface area contributed by atoms with Crippen molar-refractivity contribution in [1.82, 2.24) is 4.90 Å². The topological polar surface area (TPSA) is 99.6 Å². The summed E-state index contributed by atoms with van der Waals surface area (Å²) < 4.78 is 12.2. The minimum Gasteiger partial charge on any atom is -0.465 e. The Balaban J connectivity index is 1.79. The number of fused-ring (bicyclic) bond motifs is 1. The van der Waals surface area contributed by atoms with Crippen LogP contribution < -0.4 is 9.80 Å². The predicted octanol–water partition coefficient (Wildman–Crippen LogP) is 4.33. The summed E-state index contributed by atoms with van der Waals surface area (Å²) in [7, 11) is 0. The number of hydrogen-bond acceptors (Lipinski definition) is 7. The summed E-state index contributed by atoms with van der Waals surface area (Å²) in [4.78, 5) is 47.8. The number of anilines is 2. The van der Waals surface area contributed by atoms with Gasteiger partial charge in [-0.25, -0.2) is 0 Å². The first-order valence-corrected chi connectivity index (χ1v) is 16.3. The molecule has 2 bridgehead atoms. The molecule has 1 aromatic carbocycles. The maximum absolute atomic E-state index is 14.8. The van der Waals surface area contributed by atoms with Gasteiger partial charge in [0.2, 0.25) is 5.91 Å². The van der Waals surface area contributed by atoms with Gasteiger partial charge < -0.3 is 29.3 Å². The predicted molar refractivity (Wildman–Crippen MR) is 171 cm³/mol. The Morgan fingerprint density at radius 3 is 2.40 bits per heavy atom. The summed E-state index contributed by atoms with van der Waals surface area (Å²) in [5, 5.41) is 10.6. The van der Waals surface area contributed by atoms with Gasteiger partial charge >= 0.3 is 5.97 Å². The number of esters is 1. The van der Waals surface area contributed by atoms with Gasteiger partial charge in [-0.1, -0.05) is 41.9 Å². The highest BCUT2D eigenvalue weighted by molar-refractivity contribution is 9.09. The standard InChI is InChI=1S/C33H46BrN3O6/c1-7-11-17-42-32(41)26-27-30(39)37(24(20-38)18-21(5)6)29(33(27)19-25(34)28(26)43-33)31(40)36(16-8-2)23-14-12-22(13-15-23)35(9-3)10-4/h7-8,12-15,21,24-29,38H,1-2,9-11,16-20H2,3-6H3/t24-,25?,26+,27+,28+,29?,33?/m1/s1. The number of rotatable bonds is 15. The van der Waals surface area contributed by atoms with Crippen LogP contribution in [0.1, 0.15) is 47.0 Å². The monoisotopic (exact) mass is 659 g/mol. The number of likely N-dealkylation sites (tertiary alicyclic amines) is 1. The molecule has 0 radical (unpaired) electrons. The van der Waals surface area contributed by atoms with Crippen LogP contribution in [0, 0.1) is 17.8 Å². The average Bonchev–Trinajstić information content (AvgIpc) is 3.58. The van der Waals surface area contributed by atoms with Gasteiger partial charge in [0.15, 0.2) is 0 Å². The van der Waals surface area contributed by atoms with Crippen LogP contribution in [-0.4, -0.2) is 89.3 Å². The van der Waals surface area contributed by atoms with Crippen LogP contribution in [0.5, 0.6) is 0 Å². The van der Waals surface area contributed by atoms with Gasteiger partial charge in [-0.3, -0.25) is 14.4 Å². The minimum absolute atomic E-state index is 0.149. The van der Waals surface area contributed by atoms with Crippen molar-refractivity contribution in [3.63, 3.8) is 0 Å². The molecule has 4 rings (SSSR count). The lowest BCUT2D eigenvalue weighted by atomic mass is 9.70. The van der Waals surface area contributed by atoms with Gasteiger partial charge in [0.1, 0.15) is 11.6 Å². The first kappa shape index (κ1) is 33.2. The van der Waals surface area contributed by atoms with Gasteiger partial charge in [0, 0.05) is 35.8 Å². The quantitative estimate of drug-likeness (QED) is 0.130. The largest absolute Gasteiger partial charge is 0.465 e. The molecule has 1 aromatic rings. The van der Waals surface area contributed by atoms with Crippen molar-refractivity contribution in [2.45, 2.75) is 75.6 Å². The fourth-order valence-corrected chi connectivity index (χ4v) is 8.14. The molecule has 3 fully saturated rings. The third kappa shape index (κ3) is 6.02. The molecule has 3 unspecified atom stereocenters. The summed E-state index contributed by atoms with van der Waals surface area (Å²) in [6.45, 7) is 17.6. The molecule has 0 aliphatic carbocycles. The average molecular weight is 661 g/mol. The first-order chi connectivity index (χ1) is 20.6. The summed E-state index contributed by atoms with van der Waals surface area (Å²) in [6, 6.07) is 6.12. The highest BCUT2D eigenvalue weighted by atomic mass is 79.9. The zero-order valence-electron chi connectivity index (χ0n) is 25.8. The molecule has 10 heteroatoms. The van der Waals surface area contributed by atoms with Gasteiger partial charge in [-0.05, 0) is 63.3 Å². The number of amides is 2. The summed E-state index contributed by atoms with van der Waals surface area (Å²) in [5.74, 6) is -2.79. The fraction of sp³-hybridized carbons (Fsp3) is 0.606. The zero-order valence-corrected chi connectivity index (χ0v) is 27.4. The van der Waals surface area contributed by atoms with E-state index in [1.165, 1.54) is 4.90 Å². The first-order valence-electron chi connectivity index (χ1n) is 15.4. The maximum atomic E-state index is 14.8. The molecule has 3 heterocycles. The van der Waals surface area contributed by atoms with Crippen LogP contribution in [-0.2, 0) is 23.9 Å². The molecular formula is C33H46BrN3O6. The van der Waals surface area contributed by atoms with E-state index in [-0.39, 0.29) is 42.3 Å². The smallest absolute Gasteiger partial charge is 0.312 e. The molecule has 3 aliphatic heterocycles. The van der Waals surface area contributed by atoms with Crippen LogP contribution in [0.2, 0.25) is 0 Å². The van der Waals surface area contributed by atoms with Gasteiger partial charge in [0.05, 0.1) is 37.2 Å². The van der Waals surface area contributed by atoms with Crippen molar-refractivity contribution < 1.29 is 29.0 Å². The zero-order chi connectivity index (χ0) is 31.5. The number of benzene rings is 1. The lowest BCUT2D eigenvalue weighted by molar-refractivity contribution is -0.155. The van der Waals surface area contributed by atoms with Gasteiger partial charge in [-0.15, -0.1) is 13.2 Å². The van der Waals surface area contributed by atoms with E-state index in [1.807, 2.05) is 38.1 Å². The lowest BCUT2D eigenvalue weighted by Crippen LogP contribution is -2.59. The Morgan fingerprint density at radius 1 is 1.19 bits per heavy atom. The van der Waals surface area contributed by atoms with Crippen LogP contribution in [0.4, 0.5) is 11.4 Å². The maximum Gasteiger partial charge on any atom is 0.312 e. The number of ether oxygens (including phenoxy) is 2. The van der Waals surface area contributed by atoms with E-state index in [4.69, 9.17) is 9.47 Å².